The Morgan fingerprint density at radius 2 is 1.80 bits per heavy atom. The van der Waals surface area contributed by atoms with Crippen molar-refractivity contribution in [1.82, 2.24) is 9.62 Å². The van der Waals surface area contributed by atoms with Gasteiger partial charge in [-0.25, -0.2) is 8.42 Å². The highest BCUT2D eigenvalue weighted by atomic mass is 32.2. The van der Waals surface area contributed by atoms with E-state index in [1.807, 2.05) is 12.1 Å². The molecule has 0 saturated heterocycles. The van der Waals surface area contributed by atoms with Gasteiger partial charge in [0.05, 0.1) is 19.0 Å². The van der Waals surface area contributed by atoms with Crippen molar-refractivity contribution in [3.05, 3.63) is 94.0 Å². The van der Waals surface area contributed by atoms with Gasteiger partial charge in [-0.3, -0.25) is 0 Å². The van der Waals surface area contributed by atoms with Crippen LogP contribution in [0.15, 0.2) is 60.7 Å². The van der Waals surface area contributed by atoms with Gasteiger partial charge in [-0.2, -0.15) is 4.31 Å². The largest absolute Gasteiger partial charge is 0.394 e. The van der Waals surface area contributed by atoms with Crippen LogP contribution < -0.4 is 5.32 Å². The summed E-state index contributed by atoms with van der Waals surface area (Å²) in [7, 11) is -3.19. The number of rotatable bonds is 9. The number of hydrogen-bond donors (Lipinski definition) is 3. The van der Waals surface area contributed by atoms with Gasteiger partial charge >= 0.3 is 0 Å². The van der Waals surface area contributed by atoms with Crippen molar-refractivity contribution in [3.8, 4) is 11.1 Å². The van der Waals surface area contributed by atoms with E-state index in [0.29, 0.717) is 26.2 Å². The van der Waals surface area contributed by atoms with E-state index in [1.54, 1.807) is 4.31 Å². The molecule has 1 atom stereocenters. The second-order valence-electron chi connectivity index (χ2n) is 9.39. The van der Waals surface area contributed by atoms with Crippen LogP contribution >= 0.6 is 0 Å². The minimum atomic E-state index is -3.19. The molecule has 1 aliphatic heterocycles. The third-order valence-electron chi connectivity index (χ3n) is 6.68. The van der Waals surface area contributed by atoms with E-state index in [2.05, 4.69) is 60.8 Å². The maximum absolute atomic E-state index is 12.0. The SMILES string of the molecule is Cc1ccc(Cc2cccc3c2CCN(S(C)(=O)=O)C3)cc1-c1ccc(CNCC(O)CO)cc1. The number of sulfonamides is 1. The van der Waals surface area contributed by atoms with Gasteiger partial charge in [-0.1, -0.05) is 60.7 Å². The monoisotopic (exact) mass is 494 g/mol. The summed E-state index contributed by atoms with van der Waals surface area (Å²) < 4.78 is 25.5. The van der Waals surface area contributed by atoms with Crippen molar-refractivity contribution in [1.29, 1.82) is 0 Å². The van der Waals surface area contributed by atoms with Crippen molar-refractivity contribution >= 4 is 10.0 Å². The summed E-state index contributed by atoms with van der Waals surface area (Å²) >= 11 is 0. The quantitative estimate of drug-likeness (QED) is 0.426. The second-order valence-corrected chi connectivity index (χ2v) is 11.4. The van der Waals surface area contributed by atoms with E-state index in [1.165, 1.54) is 34.1 Å². The predicted octanol–water partition coefficient (Wildman–Crippen LogP) is 3.01. The van der Waals surface area contributed by atoms with E-state index in [-0.39, 0.29) is 6.61 Å². The molecule has 7 heteroatoms. The fraction of sp³-hybridized carbons (Fsp3) is 0.357. The number of aliphatic hydroxyl groups excluding tert-OH is 2. The van der Waals surface area contributed by atoms with Crippen LogP contribution in [-0.2, 0) is 36.0 Å². The standard InChI is InChI=1S/C28H34N2O4S/c1-20-6-7-22(14-24-4-3-5-25-18-30(35(2,33)34)13-12-27(24)25)15-28(20)23-10-8-21(9-11-23)16-29-17-26(32)19-31/h3-11,15,26,29,31-32H,12-14,16-19H2,1-2H3. The van der Waals surface area contributed by atoms with Gasteiger partial charge in [0.15, 0.2) is 0 Å². The molecule has 1 aliphatic rings. The number of hydrogen-bond acceptors (Lipinski definition) is 5. The van der Waals surface area contributed by atoms with Crippen LogP contribution in [0.3, 0.4) is 0 Å². The minimum Gasteiger partial charge on any atom is -0.394 e. The van der Waals surface area contributed by atoms with Gasteiger partial charge in [0.2, 0.25) is 10.0 Å². The second kappa shape index (κ2) is 11.0. The molecule has 0 aliphatic carbocycles. The number of aliphatic hydroxyl groups is 2. The smallest absolute Gasteiger partial charge is 0.211 e. The molecule has 3 N–H and O–H groups in total. The Balaban J connectivity index is 1.50. The first-order chi connectivity index (χ1) is 16.7. The molecule has 6 nitrogen and oxygen atoms in total. The molecule has 1 heterocycles. The molecule has 0 radical (unpaired) electrons. The number of fused-ring (bicyclic) bond motifs is 1. The maximum Gasteiger partial charge on any atom is 0.211 e. The van der Waals surface area contributed by atoms with E-state index in [4.69, 9.17) is 5.11 Å². The van der Waals surface area contributed by atoms with Gasteiger partial charge in [0.1, 0.15) is 0 Å². The van der Waals surface area contributed by atoms with Gasteiger partial charge in [-0.05, 0) is 64.3 Å². The first-order valence-electron chi connectivity index (χ1n) is 12.0. The summed E-state index contributed by atoms with van der Waals surface area (Å²) in [4.78, 5) is 0. The summed E-state index contributed by atoms with van der Waals surface area (Å²) in [5, 5.41) is 21.5. The van der Waals surface area contributed by atoms with Gasteiger partial charge in [-0.15, -0.1) is 0 Å². The van der Waals surface area contributed by atoms with E-state index >= 15 is 0 Å². The molecule has 3 aromatic carbocycles. The molecule has 0 saturated carbocycles. The lowest BCUT2D eigenvalue weighted by molar-refractivity contribution is 0.0942. The molecule has 0 aromatic heterocycles. The van der Waals surface area contributed by atoms with E-state index in [0.717, 1.165) is 29.5 Å². The highest BCUT2D eigenvalue weighted by molar-refractivity contribution is 7.88. The van der Waals surface area contributed by atoms with Gasteiger partial charge in [0, 0.05) is 26.2 Å². The summed E-state index contributed by atoms with van der Waals surface area (Å²) in [6.45, 7) is 3.84. The van der Waals surface area contributed by atoms with Crippen molar-refractivity contribution < 1.29 is 18.6 Å². The van der Waals surface area contributed by atoms with Crippen LogP contribution in [0.2, 0.25) is 0 Å². The van der Waals surface area contributed by atoms with Gasteiger partial charge < -0.3 is 15.5 Å². The zero-order valence-electron chi connectivity index (χ0n) is 20.4. The molecule has 186 valence electrons. The summed E-state index contributed by atoms with van der Waals surface area (Å²) in [6, 6.07) is 21.2. The molecular formula is C28H34N2O4S. The summed E-state index contributed by atoms with van der Waals surface area (Å²) in [6.07, 6.45) is 2.08. The maximum atomic E-state index is 12.0. The molecule has 0 fully saturated rings. The molecule has 0 amide bonds. The van der Waals surface area contributed by atoms with E-state index in [9.17, 15) is 13.5 Å². The zero-order valence-corrected chi connectivity index (χ0v) is 21.2. The average Bonchev–Trinajstić information content (AvgIpc) is 2.85. The van der Waals surface area contributed by atoms with Crippen molar-refractivity contribution in [2.45, 2.75) is 39.0 Å². The Bertz CT molecular complexity index is 1270. The van der Waals surface area contributed by atoms with Crippen LogP contribution in [0.4, 0.5) is 0 Å². The third kappa shape index (κ3) is 6.37. The topological polar surface area (TPSA) is 89.9 Å². The minimum absolute atomic E-state index is 0.244. The first kappa shape index (κ1) is 25.5. The molecular weight excluding hydrogens is 460 g/mol. The Morgan fingerprint density at radius 1 is 1.06 bits per heavy atom. The van der Waals surface area contributed by atoms with Crippen molar-refractivity contribution in [2.75, 3.05) is 26.0 Å². The molecule has 0 spiro atoms. The molecule has 0 bridgehead atoms. The lowest BCUT2D eigenvalue weighted by Gasteiger charge is -2.28. The number of aryl methyl sites for hydroxylation is 1. The average molecular weight is 495 g/mol. The van der Waals surface area contributed by atoms with Crippen LogP contribution in [0, 0.1) is 6.92 Å². The molecule has 3 aromatic rings. The van der Waals surface area contributed by atoms with Crippen LogP contribution in [0.25, 0.3) is 11.1 Å². The number of benzene rings is 3. The number of nitrogens with one attached hydrogen (secondary N) is 1. The summed E-state index contributed by atoms with van der Waals surface area (Å²) in [5.41, 5.74) is 9.55. The van der Waals surface area contributed by atoms with Crippen LogP contribution in [0.1, 0.15) is 33.4 Å². The third-order valence-corrected chi connectivity index (χ3v) is 7.93. The normalized spacial score (nSPS) is 15.1. The van der Waals surface area contributed by atoms with Gasteiger partial charge in [0.25, 0.3) is 0 Å². The Kier molecular flexibility index (Phi) is 8.04. The van der Waals surface area contributed by atoms with Crippen molar-refractivity contribution in [3.63, 3.8) is 0 Å². The Morgan fingerprint density at radius 3 is 2.51 bits per heavy atom. The molecule has 4 rings (SSSR count). The first-order valence-corrected chi connectivity index (χ1v) is 13.8. The lowest BCUT2D eigenvalue weighted by Crippen LogP contribution is -2.35. The fourth-order valence-electron chi connectivity index (χ4n) is 4.67. The zero-order chi connectivity index (χ0) is 25.0. The highest BCUT2D eigenvalue weighted by Crippen LogP contribution is 2.29. The molecule has 1 unspecified atom stereocenters. The Labute approximate surface area is 208 Å². The lowest BCUT2D eigenvalue weighted by atomic mass is 9.90. The molecule has 35 heavy (non-hydrogen) atoms. The van der Waals surface area contributed by atoms with Crippen LogP contribution in [0.5, 0.6) is 0 Å². The van der Waals surface area contributed by atoms with E-state index < -0.39 is 16.1 Å². The summed E-state index contributed by atoms with van der Waals surface area (Å²) in [5.74, 6) is 0. The van der Waals surface area contributed by atoms with Crippen LogP contribution in [-0.4, -0.2) is 55.0 Å². The van der Waals surface area contributed by atoms with Crippen molar-refractivity contribution in [2.24, 2.45) is 0 Å². The Hall–Kier alpha value is -2.55. The number of nitrogens with zero attached hydrogens (tertiary/aromatic N) is 1. The highest BCUT2D eigenvalue weighted by Gasteiger charge is 2.24. The fourth-order valence-corrected chi connectivity index (χ4v) is 5.47. The predicted molar refractivity (Wildman–Crippen MR) is 140 cm³/mol.